The molecular weight excluding hydrogens is 232 g/mol. The largest absolute Gasteiger partial charge is 0.497 e. The highest BCUT2D eigenvalue weighted by atomic mass is 16.5. The molecule has 0 saturated carbocycles. The summed E-state index contributed by atoms with van der Waals surface area (Å²) in [6, 6.07) is 6.80. The molecule has 1 atom stereocenters. The third-order valence-electron chi connectivity index (χ3n) is 2.69. The zero-order chi connectivity index (χ0) is 13.6. The molecule has 1 aromatic carbocycles. The van der Waals surface area contributed by atoms with Crippen molar-refractivity contribution in [2.45, 2.75) is 12.3 Å². The van der Waals surface area contributed by atoms with Crippen LogP contribution in [0.25, 0.3) is 0 Å². The van der Waals surface area contributed by atoms with Gasteiger partial charge in [0.1, 0.15) is 12.0 Å². The number of ether oxygens (including phenoxy) is 2. The minimum absolute atomic E-state index is 0.516. The molecule has 0 N–H and O–H groups in total. The molecule has 1 rings (SSSR count). The zero-order valence-corrected chi connectivity index (χ0v) is 10.7. The second-order valence-corrected chi connectivity index (χ2v) is 3.71. The van der Waals surface area contributed by atoms with E-state index in [4.69, 9.17) is 9.47 Å². The van der Waals surface area contributed by atoms with E-state index in [0.717, 1.165) is 0 Å². The van der Waals surface area contributed by atoms with Crippen LogP contribution < -0.4 is 4.74 Å². The Kier molecular flexibility index (Phi) is 4.66. The second-order valence-electron chi connectivity index (χ2n) is 3.71. The Labute approximate surface area is 106 Å². The van der Waals surface area contributed by atoms with Crippen LogP contribution in [-0.2, 0) is 19.7 Å². The van der Waals surface area contributed by atoms with Crippen molar-refractivity contribution in [1.82, 2.24) is 0 Å². The molecule has 0 heterocycles. The average Bonchev–Trinajstić information content (AvgIpc) is 2.44. The van der Waals surface area contributed by atoms with Gasteiger partial charge >= 0.3 is 5.97 Å². The molecule has 0 bridgehead atoms. The average molecular weight is 248 g/mol. The van der Waals surface area contributed by atoms with Crippen molar-refractivity contribution >= 4 is 12.3 Å². The van der Waals surface area contributed by atoms with E-state index in [1.807, 2.05) is 0 Å². The van der Waals surface area contributed by atoms with Crippen molar-refractivity contribution in [3.05, 3.63) is 42.0 Å². The van der Waals surface area contributed by atoms with Gasteiger partial charge in [0, 0.05) is 0 Å². The van der Waals surface area contributed by atoms with Crippen LogP contribution in [-0.4, -0.2) is 26.5 Å². The van der Waals surface area contributed by atoms with Gasteiger partial charge in [-0.05, 0) is 24.6 Å². The Morgan fingerprint density at radius 3 is 2.56 bits per heavy atom. The van der Waals surface area contributed by atoms with Crippen molar-refractivity contribution < 1.29 is 19.1 Å². The van der Waals surface area contributed by atoms with E-state index in [2.05, 4.69) is 0 Å². The Morgan fingerprint density at radius 1 is 1.33 bits per heavy atom. The predicted molar refractivity (Wildman–Crippen MR) is 67.6 cm³/mol. The van der Waals surface area contributed by atoms with E-state index in [-0.39, 0.29) is 0 Å². The lowest BCUT2D eigenvalue weighted by molar-refractivity contribution is -0.147. The van der Waals surface area contributed by atoms with Crippen LogP contribution in [0.4, 0.5) is 0 Å². The van der Waals surface area contributed by atoms with Crippen LogP contribution in [0.1, 0.15) is 12.5 Å². The normalized spacial score (nSPS) is 13.9. The molecule has 4 heteroatoms. The van der Waals surface area contributed by atoms with Gasteiger partial charge in [0.2, 0.25) is 0 Å². The number of methoxy groups -OCH3 is 2. The summed E-state index contributed by atoms with van der Waals surface area (Å²) in [6.07, 6.45) is 3.74. The van der Waals surface area contributed by atoms with Gasteiger partial charge in [0.15, 0.2) is 5.41 Å². The van der Waals surface area contributed by atoms with Crippen LogP contribution in [0.3, 0.4) is 0 Å². The van der Waals surface area contributed by atoms with E-state index in [9.17, 15) is 9.59 Å². The van der Waals surface area contributed by atoms with E-state index in [0.29, 0.717) is 17.6 Å². The van der Waals surface area contributed by atoms with Crippen LogP contribution in [0.2, 0.25) is 0 Å². The minimum Gasteiger partial charge on any atom is -0.497 e. The number of esters is 1. The Hall–Kier alpha value is -2.10. The molecule has 1 aromatic rings. The Bertz CT molecular complexity index is 465. The lowest BCUT2D eigenvalue weighted by Crippen LogP contribution is -2.36. The number of allylic oxidation sites excluding steroid dienone is 1. The number of hydrogen-bond donors (Lipinski definition) is 0. The minimum atomic E-state index is -1.42. The SMILES string of the molecule is CC=CC(C=O)(C(=O)OC)c1cccc(OC)c1. The molecule has 0 aliphatic carbocycles. The van der Waals surface area contributed by atoms with Gasteiger partial charge in [-0.3, -0.25) is 4.79 Å². The highest BCUT2D eigenvalue weighted by Gasteiger charge is 2.39. The summed E-state index contributed by atoms with van der Waals surface area (Å²) in [7, 11) is 2.78. The number of benzene rings is 1. The topological polar surface area (TPSA) is 52.6 Å². The van der Waals surface area contributed by atoms with Gasteiger partial charge in [0.05, 0.1) is 14.2 Å². The maximum Gasteiger partial charge on any atom is 0.327 e. The smallest absolute Gasteiger partial charge is 0.327 e. The first-order valence-corrected chi connectivity index (χ1v) is 5.47. The second kappa shape index (κ2) is 6.00. The standard InChI is InChI=1S/C14H16O4/c1-4-8-14(10-15,13(16)18-3)11-6-5-7-12(9-11)17-2/h4-10H,1-3H3. The monoisotopic (exact) mass is 248 g/mol. The number of hydrogen-bond acceptors (Lipinski definition) is 4. The summed E-state index contributed by atoms with van der Waals surface area (Å²) in [5.74, 6) is -0.0454. The van der Waals surface area contributed by atoms with Gasteiger partial charge in [-0.25, -0.2) is 0 Å². The summed E-state index contributed by atoms with van der Waals surface area (Å²) in [6.45, 7) is 1.74. The molecule has 0 spiro atoms. The first-order valence-electron chi connectivity index (χ1n) is 5.47. The van der Waals surface area contributed by atoms with E-state index >= 15 is 0 Å². The first kappa shape index (κ1) is 14.0. The van der Waals surface area contributed by atoms with Gasteiger partial charge < -0.3 is 14.3 Å². The first-order chi connectivity index (χ1) is 8.64. The Morgan fingerprint density at radius 2 is 2.06 bits per heavy atom. The van der Waals surface area contributed by atoms with Crippen molar-refractivity contribution in [2.24, 2.45) is 0 Å². The molecule has 0 saturated heterocycles. The third kappa shape index (κ3) is 2.42. The number of rotatable bonds is 5. The van der Waals surface area contributed by atoms with Crippen molar-refractivity contribution in [3.63, 3.8) is 0 Å². The highest BCUT2D eigenvalue weighted by molar-refractivity contribution is 6.02. The van der Waals surface area contributed by atoms with Gasteiger partial charge in [-0.1, -0.05) is 24.3 Å². The molecule has 0 amide bonds. The van der Waals surface area contributed by atoms with Crippen LogP contribution in [0.5, 0.6) is 5.75 Å². The maximum absolute atomic E-state index is 11.9. The number of carbonyl (C=O) groups is 2. The lowest BCUT2D eigenvalue weighted by atomic mass is 9.81. The molecule has 0 fully saturated rings. The molecular formula is C14H16O4. The number of carbonyl (C=O) groups excluding carboxylic acids is 2. The van der Waals surface area contributed by atoms with Crippen LogP contribution in [0.15, 0.2) is 36.4 Å². The van der Waals surface area contributed by atoms with Gasteiger partial charge in [0.25, 0.3) is 0 Å². The van der Waals surface area contributed by atoms with E-state index < -0.39 is 11.4 Å². The van der Waals surface area contributed by atoms with E-state index in [1.165, 1.54) is 20.3 Å². The molecule has 0 aromatic heterocycles. The van der Waals surface area contributed by atoms with Crippen LogP contribution in [0, 0.1) is 0 Å². The summed E-state index contributed by atoms with van der Waals surface area (Å²) in [4.78, 5) is 23.3. The fraction of sp³-hybridized carbons (Fsp3) is 0.286. The quantitative estimate of drug-likeness (QED) is 0.345. The molecule has 0 aliphatic heterocycles. The van der Waals surface area contributed by atoms with Crippen molar-refractivity contribution in [2.75, 3.05) is 14.2 Å². The van der Waals surface area contributed by atoms with Gasteiger partial charge in [-0.15, -0.1) is 0 Å². The third-order valence-corrected chi connectivity index (χ3v) is 2.69. The summed E-state index contributed by atoms with van der Waals surface area (Å²) in [5, 5.41) is 0. The van der Waals surface area contributed by atoms with Crippen LogP contribution >= 0.6 is 0 Å². The van der Waals surface area contributed by atoms with Crippen molar-refractivity contribution in [1.29, 1.82) is 0 Å². The zero-order valence-electron chi connectivity index (χ0n) is 10.7. The number of aldehydes is 1. The molecule has 0 radical (unpaired) electrons. The molecule has 18 heavy (non-hydrogen) atoms. The summed E-state index contributed by atoms with van der Waals surface area (Å²) in [5.41, 5.74) is -0.903. The molecule has 96 valence electrons. The molecule has 0 aliphatic rings. The lowest BCUT2D eigenvalue weighted by Gasteiger charge is -2.22. The Balaban J connectivity index is 3.41. The van der Waals surface area contributed by atoms with Crippen molar-refractivity contribution in [3.8, 4) is 5.75 Å². The molecule has 4 nitrogen and oxygen atoms in total. The fourth-order valence-electron chi connectivity index (χ4n) is 1.75. The maximum atomic E-state index is 11.9. The molecule has 1 unspecified atom stereocenters. The highest BCUT2D eigenvalue weighted by Crippen LogP contribution is 2.28. The van der Waals surface area contributed by atoms with E-state index in [1.54, 1.807) is 37.3 Å². The predicted octanol–water partition coefficient (Wildman–Crippen LogP) is 1.88. The fourth-order valence-corrected chi connectivity index (χ4v) is 1.75. The van der Waals surface area contributed by atoms with Gasteiger partial charge in [-0.2, -0.15) is 0 Å². The summed E-state index contributed by atoms with van der Waals surface area (Å²) >= 11 is 0. The summed E-state index contributed by atoms with van der Waals surface area (Å²) < 4.78 is 9.82.